The van der Waals surface area contributed by atoms with E-state index in [-0.39, 0.29) is 10.6 Å². The molecule has 0 radical (unpaired) electrons. The van der Waals surface area contributed by atoms with Crippen LogP contribution in [0.5, 0.6) is 0 Å². The van der Waals surface area contributed by atoms with Crippen LogP contribution in [0.4, 0.5) is 22.4 Å². The lowest BCUT2D eigenvalue weighted by molar-refractivity contribution is -0.287. The molecule has 3 atom stereocenters. The van der Waals surface area contributed by atoms with Crippen molar-refractivity contribution in [2.45, 2.75) is 17.9 Å². The summed E-state index contributed by atoms with van der Waals surface area (Å²) in [7, 11) is 0. The molecule has 0 spiro atoms. The standard InChI is InChI=1S/C18H13ClF4N2O3/c19-10-7-4-8-11(20)12(10)14-13(15(26)9-5-2-1-3-6-9)17(28,18(21,22)23)25-16(27)24-14/h1-8,13-14,28H,(H2,24,25,27)/t13-,14-,17-/m0/s1. The number of carbonyl (C=O) groups excluding carboxylic acids is 2. The summed E-state index contributed by atoms with van der Waals surface area (Å²) in [5, 5.41) is 13.6. The fourth-order valence-electron chi connectivity index (χ4n) is 3.17. The first-order valence-electron chi connectivity index (χ1n) is 7.97. The minimum Gasteiger partial charge on any atom is -0.363 e. The summed E-state index contributed by atoms with van der Waals surface area (Å²) in [5.41, 5.74) is -4.64. The molecule has 2 aromatic carbocycles. The Balaban J connectivity index is 2.23. The number of nitrogens with one attached hydrogen (secondary N) is 2. The molecule has 1 saturated heterocycles. The number of halogens is 5. The molecule has 0 saturated carbocycles. The van der Waals surface area contributed by atoms with E-state index in [0.29, 0.717) is 0 Å². The van der Waals surface area contributed by atoms with Crippen molar-refractivity contribution in [1.29, 1.82) is 0 Å². The van der Waals surface area contributed by atoms with Crippen LogP contribution in [0.25, 0.3) is 0 Å². The molecule has 0 unspecified atom stereocenters. The summed E-state index contributed by atoms with van der Waals surface area (Å²) in [6, 6.07) is 6.90. The number of ketones is 1. The molecule has 28 heavy (non-hydrogen) atoms. The fourth-order valence-corrected chi connectivity index (χ4v) is 3.45. The third-order valence-corrected chi connectivity index (χ3v) is 4.79. The summed E-state index contributed by atoms with van der Waals surface area (Å²) in [4.78, 5) is 24.8. The highest BCUT2D eigenvalue weighted by Crippen LogP contribution is 2.45. The maximum Gasteiger partial charge on any atom is 0.437 e. The van der Waals surface area contributed by atoms with Crippen LogP contribution in [0.1, 0.15) is 22.0 Å². The number of benzene rings is 2. The molecule has 1 fully saturated rings. The molecular weight excluding hydrogens is 404 g/mol. The number of hydrogen-bond donors (Lipinski definition) is 3. The molecule has 10 heteroatoms. The Morgan fingerprint density at radius 2 is 1.75 bits per heavy atom. The van der Waals surface area contributed by atoms with Crippen LogP contribution >= 0.6 is 11.6 Å². The lowest BCUT2D eigenvalue weighted by Crippen LogP contribution is -2.72. The van der Waals surface area contributed by atoms with Crippen molar-refractivity contribution in [3.8, 4) is 0 Å². The van der Waals surface area contributed by atoms with Gasteiger partial charge < -0.3 is 15.7 Å². The Labute approximate surface area is 161 Å². The predicted octanol–water partition coefficient (Wildman–Crippen LogP) is 3.58. The van der Waals surface area contributed by atoms with Crippen LogP contribution in [0.15, 0.2) is 48.5 Å². The Morgan fingerprint density at radius 1 is 1.11 bits per heavy atom. The van der Waals surface area contributed by atoms with Crippen molar-refractivity contribution in [2.24, 2.45) is 5.92 Å². The molecule has 2 amide bonds. The number of Topliss-reactive ketones (excluding diaryl/α,β-unsaturated/α-hetero) is 1. The Morgan fingerprint density at radius 3 is 2.32 bits per heavy atom. The fraction of sp³-hybridized carbons (Fsp3) is 0.222. The van der Waals surface area contributed by atoms with Crippen LogP contribution in [0, 0.1) is 11.7 Å². The highest BCUT2D eigenvalue weighted by atomic mass is 35.5. The molecule has 3 rings (SSSR count). The molecular formula is C18H13ClF4N2O3. The van der Waals surface area contributed by atoms with Gasteiger partial charge in [0.05, 0.1) is 6.04 Å². The van der Waals surface area contributed by atoms with Gasteiger partial charge in [-0.1, -0.05) is 48.0 Å². The van der Waals surface area contributed by atoms with Gasteiger partial charge in [0.25, 0.3) is 0 Å². The van der Waals surface area contributed by atoms with Gasteiger partial charge in [0.2, 0.25) is 5.72 Å². The van der Waals surface area contributed by atoms with Gasteiger partial charge in [-0.25, -0.2) is 9.18 Å². The van der Waals surface area contributed by atoms with Crippen molar-refractivity contribution in [1.82, 2.24) is 10.6 Å². The second-order valence-corrected chi connectivity index (χ2v) is 6.59. The number of rotatable bonds is 3. The van der Waals surface area contributed by atoms with E-state index in [4.69, 9.17) is 11.6 Å². The van der Waals surface area contributed by atoms with Gasteiger partial charge in [0.15, 0.2) is 5.78 Å². The van der Waals surface area contributed by atoms with E-state index < -0.39 is 47.1 Å². The zero-order valence-electron chi connectivity index (χ0n) is 13.9. The van der Waals surface area contributed by atoms with Crippen LogP contribution in [0.3, 0.4) is 0 Å². The number of urea groups is 1. The van der Waals surface area contributed by atoms with E-state index in [2.05, 4.69) is 5.32 Å². The number of alkyl halides is 3. The predicted molar refractivity (Wildman–Crippen MR) is 91.1 cm³/mol. The molecule has 0 aromatic heterocycles. The summed E-state index contributed by atoms with van der Waals surface area (Å²) in [6.45, 7) is 0. The average Bonchev–Trinajstić information content (AvgIpc) is 2.60. The molecule has 0 aliphatic carbocycles. The van der Waals surface area contributed by atoms with Crippen LogP contribution in [-0.4, -0.2) is 28.8 Å². The Kier molecular flexibility index (Phi) is 5.07. The largest absolute Gasteiger partial charge is 0.437 e. The second-order valence-electron chi connectivity index (χ2n) is 6.18. The lowest BCUT2D eigenvalue weighted by Gasteiger charge is -2.45. The average molecular weight is 417 g/mol. The van der Waals surface area contributed by atoms with Crippen LogP contribution in [0.2, 0.25) is 5.02 Å². The molecule has 2 aromatic rings. The first-order valence-corrected chi connectivity index (χ1v) is 8.35. The summed E-state index contributed by atoms with van der Waals surface area (Å²) >= 11 is 5.95. The van der Waals surface area contributed by atoms with Crippen LogP contribution in [-0.2, 0) is 0 Å². The lowest BCUT2D eigenvalue weighted by atomic mass is 9.77. The Bertz CT molecular complexity index is 903. The van der Waals surface area contributed by atoms with Gasteiger partial charge in [-0.2, -0.15) is 13.2 Å². The van der Waals surface area contributed by atoms with Crippen molar-refractivity contribution >= 4 is 23.4 Å². The van der Waals surface area contributed by atoms with E-state index >= 15 is 0 Å². The first kappa shape index (κ1) is 20.1. The number of aliphatic hydroxyl groups is 1. The Hall–Kier alpha value is -2.65. The normalized spacial score (nSPS) is 25.0. The number of hydrogen-bond acceptors (Lipinski definition) is 3. The quantitative estimate of drug-likeness (QED) is 0.528. The van der Waals surface area contributed by atoms with Crippen LogP contribution < -0.4 is 10.6 Å². The smallest absolute Gasteiger partial charge is 0.363 e. The maximum atomic E-state index is 14.4. The third-order valence-electron chi connectivity index (χ3n) is 4.46. The molecule has 0 bridgehead atoms. The molecule has 3 N–H and O–H groups in total. The topological polar surface area (TPSA) is 78.4 Å². The van der Waals surface area contributed by atoms with E-state index in [1.807, 2.05) is 0 Å². The maximum absolute atomic E-state index is 14.4. The van der Waals surface area contributed by atoms with Crippen molar-refractivity contribution < 1.29 is 32.3 Å². The van der Waals surface area contributed by atoms with Crippen molar-refractivity contribution in [2.75, 3.05) is 0 Å². The van der Waals surface area contributed by atoms with Gasteiger partial charge in [0.1, 0.15) is 11.7 Å². The highest BCUT2D eigenvalue weighted by Gasteiger charge is 2.66. The molecule has 1 heterocycles. The van der Waals surface area contributed by atoms with Gasteiger partial charge in [-0.05, 0) is 12.1 Å². The second kappa shape index (κ2) is 7.06. The summed E-state index contributed by atoms with van der Waals surface area (Å²) in [6.07, 6.45) is -5.43. The minimum atomic E-state index is -5.43. The summed E-state index contributed by atoms with van der Waals surface area (Å²) < 4.78 is 55.7. The minimum absolute atomic E-state index is 0.161. The van der Waals surface area contributed by atoms with Gasteiger partial charge >= 0.3 is 12.2 Å². The third kappa shape index (κ3) is 3.31. The van der Waals surface area contributed by atoms with E-state index in [0.717, 1.165) is 6.07 Å². The van der Waals surface area contributed by atoms with E-state index in [9.17, 15) is 32.3 Å². The van der Waals surface area contributed by atoms with Crippen molar-refractivity contribution in [3.05, 3.63) is 70.5 Å². The SMILES string of the molecule is O=C1N[C@@H](c2c(F)cccc2Cl)[C@@H](C(=O)c2ccccc2)[C@](O)(C(F)(F)F)N1. The number of carbonyl (C=O) groups is 2. The molecule has 1 aliphatic heterocycles. The zero-order chi connectivity index (χ0) is 20.7. The summed E-state index contributed by atoms with van der Waals surface area (Å²) in [5.74, 6) is -4.53. The van der Waals surface area contributed by atoms with Crippen molar-refractivity contribution in [3.63, 3.8) is 0 Å². The monoisotopic (exact) mass is 416 g/mol. The molecule has 5 nitrogen and oxygen atoms in total. The van der Waals surface area contributed by atoms with E-state index in [1.165, 1.54) is 41.7 Å². The molecule has 148 valence electrons. The van der Waals surface area contributed by atoms with Gasteiger partial charge in [-0.3, -0.25) is 4.79 Å². The zero-order valence-corrected chi connectivity index (χ0v) is 14.7. The van der Waals surface area contributed by atoms with Gasteiger partial charge in [0, 0.05) is 16.1 Å². The van der Waals surface area contributed by atoms with Gasteiger partial charge in [-0.15, -0.1) is 0 Å². The first-order chi connectivity index (χ1) is 13.1. The van der Waals surface area contributed by atoms with E-state index in [1.54, 1.807) is 6.07 Å². The molecule has 1 aliphatic rings. The number of amides is 2. The highest BCUT2D eigenvalue weighted by molar-refractivity contribution is 6.31.